The van der Waals surface area contributed by atoms with E-state index in [0.717, 1.165) is 19.3 Å². The van der Waals surface area contributed by atoms with Crippen LogP contribution in [0.1, 0.15) is 25.7 Å². The van der Waals surface area contributed by atoms with Crippen LogP contribution in [0, 0.1) is 10.1 Å². The predicted octanol–water partition coefficient (Wildman–Crippen LogP) is 2.59. The van der Waals surface area contributed by atoms with Crippen molar-refractivity contribution in [3.8, 4) is 0 Å². The Morgan fingerprint density at radius 1 is 1.41 bits per heavy atom. The van der Waals surface area contributed by atoms with Crippen LogP contribution in [0.25, 0.3) is 0 Å². The highest BCUT2D eigenvalue weighted by Gasteiger charge is 2.23. The Bertz CT molecular complexity index is 433. The van der Waals surface area contributed by atoms with E-state index >= 15 is 0 Å². The predicted molar refractivity (Wildman–Crippen MR) is 64.0 cm³/mol. The summed E-state index contributed by atoms with van der Waals surface area (Å²) in [6.45, 7) is 0. The van der Waals surface area contributed by atoms with E-state index in [1.54, 1.807) is 6.07 Å². The number of pyridine rings is 1. The van der Waals surface area contributed by atoms with Crippen LogP contribution >= 0.6 is 11.8 Å². The number of hydrogen-bond acceptors (Lipinski definition) is 5. The second-order valence-electron chi connectivity index (χ2n) is 3.93. The fourth-order valence-corrected chi connectivity index (χ4v) is 2.86. The first-order valence-electron chi connectivity index (χ1n) is 5.46. The van der Waals surface area contributed by atoms with Gasteiger partial charge in [0.2, 0.25) is 0 Å². The molecule has 6 heteroatoms. The van der Waals surface area contributed by atoms with Crippen molar-refractivity contribution in [3.05, 3.63) is 28.4 Å². The minimum absolute atomic E-state index is 0.0238. The molecule has 0 radical (unpaired) electrons. The second-order valence-corrected chi connectivity index (χ2v) is 5.15. The first-order chi connectivity index (χ1) is 8.16. The molecular weight excluding hydrogens is 240 g/mol. The average molecular weight is 252 g/mol. The Hall–Kier alpha value is -1.43. The third-order valence-corrected chi connectivity index (χ3v) is 3.96. The van der Waals surface area contributed by atoms with Gasteiger partial charge in [-0.3, -0.25) is 14.9 Å². The molecule has 5 nitrogen and oxygen atoms in total. The zero-order valence-corrected chi connectivity index (χ0v) is 9.98. The van der Waals surface area contributed by atoms with Crippen molar-refractivity contribution in [1.29, 1.82) is 0 Å². The molecule has 17 heavy (non-hydrogen) atoms. The van der Waals surface area contributed by atoms with Crippen molar-refractivity contribution < 1.29 is 9.72 Å². The van der Waals surface area contributed by atoms with Crippen LogP contribution in [-0.4, -0.2) is 20.9 Å². The molecule has 1 aromatic heterocycles. The van der Waals surface area contributed by atoms with Crippen LogP contribution in [0.15, 0.2) is 23.4 Å². The number of carbonyl (C=O) groups is 1. The largest absolute Gasteiger partial charge is 0.298 e. The molecule has 0 N–H and O–H groups in total. The van der Waals surface area contributed by atoms with E-state index in [0.29, 0.717) is 11.4 Å². The lowest BCUT2D eigenvalue weighted by Crippen LogP contribution is -2.21. The third-order valence-electron chi connectivity index (χ3n) is 2.69. The Kier molecular flexibility index (Phi) is 3.73. The van der Waals surface area contributed by atoms with Gasteiger partial charge in [0.05, 0.1) is 15.2 Å². The Balaban J connectivity index is 2.03. The van der Waals surface area contributed by atoms with E-state index in [2.05, 4.69) is 4.98 Å². The summed E-state index contributed by atoms with van der Waals surface area (Å²) >= 11 is 1.41. The maximum atomic E-state index is 11.6. The number of nitro groups is 1. The standard InChI is InChI=1S/C11H12N2O3S/c14-9-3-1-2-4-10(9)17-11-6-5-8(7-12-11)13(15)16/h5-7,10H,1-4H2. The first-order valence-corrected chi connectivity index (χ1v) is 6.34. The lowest BCUT2D eigenvalue weighted by Gasteiger charge is -2.19. The summed E-state index contributed by atoms with van der Waals surface area (Å²) in [5.41, 5.74) is -0.0238. The van der Waals surface area contributed by atoms with Gasteiger partial charge in [0.15, 0.2) is 0 Å². The van der Waals surface area contributed by atoms with Crippen molar-refractivity contribution in [2.45, 2.75) is 36.0 Å². The molecule has 2 rings (SSSR count). The van der Waals surface area contributed by atoms with Gasteiger partial charge in [-0.25, -0.2) is 4.98 Å². The van der Waals surface area contributed by atoms with E-state index in [-0.39, 0.29) is 16.7 Å². The van der Waals surface area contributed by atoms with E-state index < -0.39 is 4.92 Å². The maximum Gasteiger partial charge on any atom is 0.287 e. The molecule has 90 valence electrons. The summed E-state index contributed by atoms with van der Waals surface area (Å²) in [6.07, 6.45) is 4.79. The first kappa shape index (κ1) is 12.0. The fraction of sp³-hybridized carbons (Fsp3) is 0.455. The second kappa shape index (κ2) is 5.27. The summed E-state index contributed by atoms with van der Waals surface area (Å²) in [6, 6.07) is 3.02. The van der Waals surface area contributed by atoms with Crippen LogP contribution in [0.2, 0.25) is 0 Å². The van der Waals surface area contributed by atoms with Gasteiger partial charge in [0, 0.05) is 12.5 Å². The summed E-state index contributed by atoms with van der Waals surface area (Å²) in [7, 11) is 0. The van der Waals surface area contributed by atoms with Gasteiger partial charge >= 0.3 is 0 Å². The van der Waals surface area contributed by atoms with Gasteiger partial charge in [-0.15, -0.1) is 0 Å². The van der Waals surface area contributed by atoms with Gasteiger partial charge in [0.1, 0.15) is 12.0 Å². The van der Waals surface area contributed by atoms with Crippen molar-refractivity contribution in [2.24, 2.45) is 0 Å². The monoisotopic (exact) mass is 252 g/mol. The highest BCUT2D eigenvalue weighted by Crippen LogP contribution is 2.30. The number of Topliss-reactive ketones (excluding diaryl/α,β-unsaturated/α-hetero) is 1. The fourth-order valence-electron chi connectivity index (χ4n) is 1.77. The molecule has 1 fully saturated rings. The zero-order chi connectivity index (χ0) is 12.3. The van der Waals surface area contributed by atoms with E-state index in [1.807, 2.05) is 0 Å². The molecule has 0 saturated heterocycles. The summed E-state index contributed by atoms with van der Waals surface area (Å²) in [4.78, 5) is 25.6. The van der Waals surface area contributed by atoms with Crippen LogP contribution in [-0.2, 0) is 4.79 Å². The van der Waals surface area contributed by atoms with Crippen molar-refractivity contribution in [1.82, 2.24) is 4.98 Å². The van der Waals surface area contributed by atoms with Gasteiger partial charge in [-0.1, -0.05) is 18.2 Å². The van der Waals surface area contributed by atoms with Crippen molar-refractivity contribution in [2.75, 3.05) is 0 Å². The van der Waals surface area contributed by atoms with Crippen molar-refractivity contribution in [3.63, 3.8) is 0 Å². The number of aromatic nitrogens is 1. The Morgan fingerprint density at radius 3 is 2.82 bits per heavy atom. The quantitative estimate of drug-likeness (QED) is 0.610. The summed E-state index contributed by atoms with van der Waals surface area (Å²) in [5, 5.41) is 11.1. The van der Waals surface area contributed by atoms with Crippen LogP contribution < -0.4 is 0 Å². The van der Waals surface area contributed by atoms with Crippen molar-refractivity contribution >= 4 is 23.2 Å². The highest BCUT2D eigenvalue weighted by atomic mass is 32.2. The molecule has 0 aromatic carbocycles. The van der Waals surface area contributed by atoms with Gasteiger partial charge in [-0.05, 0) is 18.9 Å². The van der Waals surface area contributed by atoms with Gasteiger partial charge in [-0.2, -0.15) is 0 Å². The van der Waals surface area contributed by atoms with Crippen LogP contribution in [0.5, 0.6) is 0 Å². The minimum Gasteiger partial charge on any atom is -0.298 e. The normalized spacial score (nSPS) is 20.2. The van der Waals surface area contributed by atoms with E-state index in [1.165, 1.54) is 24.0 Å². The molecule has 1 atom stereocenters. The summed E-state index contributed by atoms with van der Waals surface area (Å²) < 4.78 is 0. The van der Waals surface area contributed by atoms with Gasteiger partial charge in [0.25, 0.3) is 5.69 Å². The molecule has 1 saturated carbocycles. The van der Waals surface area contributed by atoms with E-state index in [9.17, 15) is 14.9 Å². The molecular formula is C11H12N2O3S. The number of thioether (sulfide) groups is 1. The number of ketones is 1. The summed E-state index contributed by atoms with van der Waals surface area (Å²) in [5.74, 6) is 0.265. The molecule has 0 bridgehead atoms. The number of nitrogens with zero attached hydrogens (tertiary/aromatic N) is 2. The molecule has 1 unspecified atom stereocenters. The Morgan fingerprint density at radius 2 is 2.24 bits per heavy atom. The molecule has 0 aliphatic heterocycles. The third kappa shape index (κ3) is 3.03. The molecule has 0 spiro atoms. The zero-order valence-electron chi connectivity index (χ0n) is 9.17. The number of hydrogen-bond donors (Lipinski definition) is 0. The van der Waals surface area contributed by atoms with Crippen LogP contribution in [0.3, 0.4) is 0 Å². The molecule has 1 aliphatic carbocycles. The number of rotatable bonds is 3. The topological polar surface area (TPSA) is 73.1 Å². The molecule has 0 amide bonds. The molecule has 1 heterocycles. The van der Waals surface area contributed by atoms with Gasteiger partial charge < -0.3 is 0 Å². The Labute approximate surface area is 103 Å². The number of carbonyl (C=O) groups excluding carboxylic acids is 1. The maximum absolute atomic E-state index is 11.6. The molecule has 1 aliphatic rings. The SMILES string of the molecule is O=C1CCCCC1Sc1ccc([N+](=O)[O-])cn1. The highest BCUT2D eigenvalue weighted by molar-refractivity contribution is 8.00. The lowest BCUT2D eigenvalue weighted by atomic mass is 9.99. The van der Waals surface area contributed by atoms with Crippen LogP contribution in [0.4, 0.5) is 5.69 Å². The average Bonchev–Trinajstić information content (AvgIpc) is 2.33. The molecule has 1 aromatic rings. The lowest BCUT2D eigenvalue weighted by molar-refractivity contribution is -0.385. The smallest absolute Gasteiger partial charge is 0.287 e. The minimum atomic E-state index is -0.479. The van der Waals surface area contributed by atoms with E-state index in [4.69, 9.17) is 0 Å².